The second-order valence-corrected chi connectivity index (χ2v) is 4.99. The number of hydrogen-bond donors (Lipinski definition) is 2. The number of carboxylic acid groups (broad SMARTS) is 1. The van der Waals surface area contributed by atoms with Crippen LogP contribution in [0.25, 0.3) is 0 Å². The Morgan fingerprint density at radius 1 is 1.44 bits per heavy atom. The zero-order valence-corrected chi connectivity index (χ0v) is 10.7. The molecule has 0 saturated carbocycles. The van der Waals surface area contributed by atoms with Gasteiger partial charge in [-0.3, -0.25) is 4.99 Å². The van der Waals surface area contributed by atoms with Gasteiger partial charge in [0.25, 0.3) is 0 Å². The SMILES string of the molecule is CC(C)C[C@@H](NC1=NCc2ccccc21)C(=O)O. The summed E-state index contributed by atoms with van der Waals surface area (Å²) < 4.78 is 0. The van der Waals surface area contributed by atoms with Crippen LogP contribution in [0, 0.1) is 5.92 Å². The molecule has 0 amide bonds. The van der Waals surface area contributed by atoms with Crippen molar-refractivity contribution in [2.24, 2.45) is 10.9 Å². The van der Waals surface area contributed by atoms with E-state index in [1.165, 1.54) is 0 Å². The van der Waals surface area contributed by atoms with E-state index < -0.39 is 12.0 Å². The first-order chi connectivity index (χ1) is 8.58. The summed E-state index contributed by atoms with van der Waals surface area (Å²) in [4.78, 5) is 15.6. The lowest BCUT2D eigenvalue weighted by Gasteiger charge is -2.17. The van der Waals surface area contributed by atoms with Gasteiger partial charge in [-0.2, -0.15) is 0 Å². The smallest absolute Gasteiger partial charge is 0.326 e. The van der Waals surface area contributed by atoms with Crippen LogP contribution >= 0.6 is 0 Å². The summed E-state index contributed by atoms with van der Waals surface area (Å²) in [7, 11) is 0. The van der Waals surface area contributed by atoms with Crippen LogP contribution in [0.5, 0.6) is 0 Å². The minimum absolute atomic E-state index is 0.329. The Hall–Kier alpha value is -1.84. The van der Waals surface area contributed by atoms with Crippen LogP contribution in [0.3, 0.4) is 0 Å². The third-order valence-electron chi connectivity index (χ3n) is 3.00. The molecule has 0 bridgehead atoms. The van der Waals surface area contributed by atoms with E-state index >= 15 is 0 Å². The van der Waals surface area contributed by atoms with Crippen molar-refractivity contribution in [3.05, 3.63) is 35.4 Å². The van der Waals surface area contributed by atoms with Gasteiger partial charge in [0.15, 0.2) is 0 Å². The number of aliphatic imine (C=N–C) groups is 1. The van der Waals surface area contributed by atoms with Gasteiger partial charge in [0.2, 0.25) is 0 Å². The molecule has 1 aromatic rings. The molecule has 1 heterocycles. The summed E-state index contributed by atoms with van der Waals surface area (Å²) >= 11 is 0. The number of fused-ring (bicyclic) bond motifs is 1. The first-order valence-corrected chi connectivity index (χ1v) is 6.20. The maximum atomic E-state index is 11.2. The zero-order chi connectivity index (χ0) is 13.1. The summed E-state index contributed by atoms with van der Waals surface area (Å²) in [6, 6.07) is 7.34. The Labute approximate surface area is 107 Å². The molecule has 0 aromatic heterocycles. The van der Waals surface area contributed by atoms with Crippen LogP contribution in [-0.2, 0) is 11.3 Å². The molecule has 0 spiro atoms. The van der Waals surface area contributed by atoms with Crippen molar-refractivity contribution in [1.29, 1.82) is 0 Å². The van der Waals surface area contributed by atoms with Crippen molar-refractivity contribution in [1.82, 2.24) is 5.32 Å². The highest BCUT2D eigenvalue weighted by molar-refractivity contribution is 6.03. The molecule has 4 heteroatoms. The van der Waals surface area contributed by atoms with E-state index in [9.17, 15) is 9.90 Å². The number of rotatable bonds is 4. The summed E-state index contributed by atoms with van der Waals surface area (Å²) in [6.45, 7) is 4.66. The largest absolute Gasteiger partial charge is 0.480 e. The standard InChI is InChI=1S/C14H18N2O2/c1-9(2)7-12(14(17)18)16-13-11-6-4-3-5-10(11)8-15-13/h3-6,9,12H,7-8H2,1-2H3,(H,15,16)(H,17,18)/t12-/m1/s1. The quantitative estimate of drug-likeness (QED) is 0.854. The summed E-state index contributed by atoms with van der Waals surface area (Å²) in [5.74, 6) is 0.213. The van der Waals surface area contributed by atoms with E-state index in [0.29, 0.717) is 24.7 Å². The molecule has 1 aliphatic heterocycles. The Kier molecular flexibility index (Phi) is 3.65. The lowest BCUT2D eigenvalue weighted by atomic mass is 10.0. The molecule has 0 saturated heterocycles. The summed E-state index contributed by atoms with van der Waals surface area (Å²) in [5, 5.41) is 12.3. The van der Waals surface area contributed by atoms with Gasteiger partial charge in [-0.15, -0.1) is 0 Å². The normalized spacial score (nSPS) is 15.2. The van der Waals surface area contributed by atoms with Gasteiger partial charge in [-0.25, -0.2) is 4.79 Å². The van der Waals surface area contributed by atoms with E-state index in [0.717, 1.165) is 11.1 Å². The van der Waals surface area contributed by atoms with Crippen molar-refractivity contribution < 1.29 is 9.90 Å². The predicted octanol–water partition coefficient (Wildman–Crippen LogP) is 2.04. The first kappa shape index (κ1) is 12.6. The average Bonchev–Trinajstić information content (AvgIpc) is 2.71. The second kappa shape index (κ2) is 5.21. The van der Waals surface area contributed by atoms with Crippen molar-refractivity contribution in [2.75, 3.05) is 0 Å². The topological polar surface area (TPSA) is 61.7 Å². The maximum Gasteiger partial charge on any atom is 0.326 e. The highest BCUT2D eigenvalue weighted by Gasteiger charge is 2.23. The maximum absolute atomic E-state index is 11.2. The lowest BCUT2D eigenvalue weighted by Crippen LogP contribution is -2.41. The average molecular weight is 246 g/mol. The summed E-state index contributed by atoms with van der Waals surface area (Å²) in [6.07, 6.45) is 0.594. The van der Waals surface area contributed by atoms with Gasteiger partial charge in [-0.05, 0) is 17.9 Å². The van der Waals surface area contributed by atoms with Gasteiger partial charge in [-0.1, -0.05) is 38.1 Å². The molecule has 18 heavy (non-hydrogen) atoms. The van der Waals surface area contributed by atoms with Crippen molar-refractivity contribution in [3.8, 4) is 0 Å². The lowest BCUT2D eigenvalue weighted by molar-refractivity contribution is -0.139. The Bertz CT molecular complexity index is 480. The van der Waals surface area contributed by atoms with Gasteiger partial charge in [0.05, 0.1) is 6.54 Å². The molecule has 0 fully saturated rings. The molecular formula is C14H18N2O2. The molecule has 0 unspecified atom stereocenters. The third-order valence-corrected chi connectivity index (χ3v) is 3.00. The van der Waals surface area contributed by atoms with E-state index in [1.54, 1.807) is 0 Å². The fraction of sp³-hybridized carbons (Fsp3) is 0.429. The fourth-order valence-corrected chi connectivity index (χ4v) is 2.12. The van der Waals surface area contributed by atoms with Gasteiger partial charge in [0, 0.05) is 5.56 Å². The number of nitrogens with zero attached hydrogens (tertiary/aromatic N) is 1. The molecule has 2 rings (SSSR count). The Morgan fingerprint density at radius 3 is 2.83 bits per heavy atom. The highest BCUT2D eigenvalue weighted by Crippen LogP contribution is 2.18. The van der Waals surface area contributed by atoms with E-state index in [1.807, 2.05) is 38.1 Å². The molecule has 0 aliphatic carbocycles. The molecule has 96 valence electrons. The number of carboxylic acids is 1. The number of hydrogen-bond acceptors (Lipinski definition) is 3. The molecule has 0 radical (unpaired) electrons. The summed E-state index contributed by atoms with van der Waals surface area (Å²) in [5.41, 5.74) is 2.17. The van der Waals surface area contributed by atoms with Crippen LogP contribution in [-0.4, -0.2) is 23.0 Å². The van der Waals surface area contributed by atoms with Gasteiger partial charge >= 0.3 is 5.97 Å². The van der Waals surface area contributed by atoms with Crippen LogP contribution < -0.4 is 5.32 Å². The molecule has 1 aliphatic rings. The minimum Gasteiger partial charge on any atom is -0.480 e. The van der Waals surface area contributed by atoms with Crippen LogP contribution in [0.2, 0.25) is 0 Å². The molecule has 2 N–H and O–H groups in total. The van der Waals surface area contributed by atoms with E-state index in [2.05, 4.69) is 10.3 Å². The van der Waals surface area contributed by atoms with E-state index in [-0.39, 0.29) is 0 Å². The number of amidine groups is 1. The number of nitrogens with one attached hydrogen (secondary N) is 1. The van der Waals surface area contributed by atoms with Gasteiger partial charge in [0.1, 0.15) is 11.9 Å². The van der Waals surface area contributed by atoms with Crippen molar-refractivity contribution in [2.45, 2.75) is 32.9 Å². The number of aliphatic carboxylic acids is 1. The van der Waals surface area contributed by atoms with Crippen molar-refractivity contribution in [3.63, 3.8) is 0 Å². The first-order valence-electron chi connectivity index (χ1n) is 6.20. The molecule has 1 atom stereocenters. The number of carbonyl (C=O) groups is 1. The molecule has 4 nitrogen and oxygen atoms in total. The molecular weight excluding hydrogens is 228 g/mol. The van der Waals surface area contributed by atoms with E-state index in [4.69, 9.17) is 0 Å². The van der Waals surface area contributed by atoms with Gasteiger partial charge < -0.3 is 10.4 Å². The van der Waals surface area contributed by atoms with Crippen LogP contribution in [0.15, 0.2) is 29.3 Å². The third kappa shape index (κ3) is 2.70. The second-order valence-electron chi connectivity index (χ2n) is 4.99. The monoisotopic (exact) mass is 246 g/mol. The minimum atomic E-state index is -0.823. The predicted molar refractivity (Wildman–Crippen MR) is 70.7 cm³/mol. The zero-order valence-electron chi connectivity index (χ0n) is 10.7. The highest BCUT2D eigenvalue weighted by atomic mass is 16.4. The van der Waals surface area contributed by atoms with Crippen molar-refractivity contribution >= 4 is 11.8 Å². The fourth-order valence-electron chi connectivity index (χ4n) is 2.12. The van der Waals surface area contributed by atoms with Crippen LogP contribution in [0.1, 0.15) is 31.4 Å². The Morgan fingerprint density at radius 2 is 2.17 bits per heavy atom. The van der Waals surface area contributed by atoms with Crippen LogP contribution in [0.4, 0.5) is 0 Å². The number of benzene rings is 1. The Balaban J connectivity index is 2.12. The molecule has 1 aromatic carbocycles.